The number of nitrogens with one attached hydrogen (secondary N) is 2. The fourth-order valence-corrected chi connectivity index (χ4v) is 2.63. The second-order valence-electron chi connectivity index (χ2n) is 5.83. The molecule has 0 saturated heterocycles. The van der Waals surface area contributed by atoms with E-state index in [1.807, 2.05) is 30.3 Å². The highest BCUT2D eigenvalue weighted by Crippen LogP contribution is 2.38. The van der Waals surface area contributed by atoms with Crippen molar-refractivity contribution in [2.24, 2.45) is 0 Å². The van der Waals surface area contributed by atoms with Crippen molar-refractivity contribution in [3.05, 3.63) is 66.0 Å². The molecule has 9 heteroatoms. The number of methoxy groups -OCH3 is 3. The molecule has 1 heterocycles. The zero-order chi connectivity index (χ0) is 20.8. The molecule has 0 unspecified atom stereocenters. The van der Waals surface area contributed by atoms with Gasteiger partial charge in [-0.15, -0.1) is 0 Å². The lowest BCUT2D eigenvalue weighted by Crippen LogP contribution is -2.41. The quantitative estimate of drug-likeness (QED) is 0.618. The second-order valence-corrected chi connectivity index (χ2v) is 5.83. The van der Waals surface area contributed by atoms with E-state index in [-0.39, 0.29) is 5.56 Å². The average Bonchev–Trinajstić information content (AvgIpc) is 3.27. The second kappa shape index (κ2) is 8.79. The summed E-state index contributed by atoms with van der Waals surface area (Å²) >= 11 is 0. The van der Waals surface area contributed by atoms with Crippen LogP contribution in [-0.4, -0.2) is 42.9 Å². The Kier molecular flexibility index (Phi) is 5.98. The molecule has 29 heavy (non-hydrogen) atoms. The summed E-state index contributed by atoms with van der Waals surface area (Å²) in [4.78, 5) is 24.8. The summed E-state index contributed by atoms with van der Waals surface area (Å²) in [7, 11) is 4.37. The minimum atomic E-state index is -0.548. The number of ether oxygens (including phenoxy) is 3. The SMILES string of the molecule is COc1cc(C(=O)NNC(=O)c2cnn(-c3ccccc3)c2)cc(OC)c1OC. The summed E-state index contributed by atoms with van der Waals surface area (Å²) in [6.07, 6.45) is 2.98. The van der Waals surface area contributed by atoms with Gasteiger partial charge in [-0.3, -0.25) is 20.4 Å². The van der Waals surface area contributed by atoms with Crippen LogP contribution in [0.5, 0.6) is 17.2 Å². The van der Waals surface area contributed by atoms with Crippen molar-refractivity contribution < 1.29 is 23.8 Å². The molecular formula is C20H20N4O5. The van der Waals surface area contributed by atoms with Crippen molar-refractivity contribution >= 4 is 11.8 Å². The highest BCUT2D eigenvalue weighted by molar-refractivity contribution is 5.99. The van der Waals surface area contributed by atoms with Gasteiger partial charge in [0.25, 0.3) is 11.8 Å². The molecule has 0 bridgehead atoms. The molecule has 0 aliphatic rings. The van der Waals surface area contributed by atoms with Crippen molar-refractivity contribution in [2.75, 3.05) is 21.3 Å². The van der Waals surface area contributed by atoms with Crippen molar-refractivity contribution in [3.63, 3.8) is 0 Å². The summed E-state index contributed by atoms with van der Waals surface area (Å²) in [5.74, 6) is -0.0372. The van der Waals surface area contributed by atoms with E-state index in [2.05, 4.69) is 16.0 Å². The van der Waals surface area contributed by atoms with Gasteiger partial charge in [-0.1, -0.05) is 18.2 Å². The van der Waals surface area contributed by atoms with Gasteiger partial charge in [-0.25, -0.2) is 4.68 Å². The van der Waals surface area contributed by atoms with Crippen LogP contribution in [0, 0.1) is 0 Å². The van der Waals surface area contributed by atoms with Crippen LogP contribution >= 0.6 is 0 Å². The van der Waals surface area contributed by atoms with E-state index in [9.17, 15) is 9.59 Å². The number of hydrogen-bond donors (Lipinski definition) is 2. The smallest absolute Gasteiger partial charge is 0.272 e. The molecule has 0 saturated carbocycles. The number of benzene rings is 2. The number of carbonyl (C=O) groups excluding carboxylic acids is 2. The third-order valence-corrected chi connectivity index (χ3v) is 4.08. The lowest BCUT2D eigenvalue weighted by Gasteiger charge is -2.14. The highest BCUT2D eigenvalue weighted by Gasteiger charge is 2.18. The van der Waals surface area contributed by atoms with E-state index < -0.39 is 11.8 Å². The largest absolute Gasteiger partial charge is 0.493 e. The molecule has 0 spiro atoms. The Morgan fingerprint density at radius 3 is 2.00 bits per heavy atom. The van der Waals surface area contributed by atoms with Crippen LogP contribution in [-0.2, 0) is 0 Å². The van der Waals surface area contributed by atoms with Crippen LogP contribution < -0.4 is 25.1 Å². The molecular weight excluding hydrogens is 376 g/mol. The zero-order valence-electron chi connectivity index (χ0n) is 16.1. The van der Waals surface area contributed by atoms with Gasteiger partial charge in [0.05, 0.1) is 38.8 Å². The number of aromatic nitrogens is 2. The molecule has 0 aliphatic heterocycles. The van der Waals surface area contributed by atoms with Crippen molar-refractivity contribution in [3.8, 4) is 22.9 Å². The van der Waals surface area contributed by atoms with Gasteiger partial charge in [0.15, 0.2) is 11.5 Å². The van der Waals surface area contributed by atoms with Crippen molar-refractivity contribution in [2.45, 2.75) is 0 Å². The van der Waals surface area contributed by atoms with E-state index in [0.29, 0.717) is 22.8 Å². The van der Waals surface area contributed by atoms with E-state index in [4.69, 9.17) is 14.2 Å². The summed E-state index contributed by atoms with van der Waals surface area (Å²) in [6, 6.07) is 12.3. The maximum absolute atomic E-state index is 12.4. The number of para-hydroxylation sites is 1. The van der Waals surface area contributed by atoms with Crippen LogP contribution in [0.15, 0.2) is 54.9 Å². The predicted octanol–water partition coefficient (Wildman–Crippen LogP) is 1.97. The van der Waals surface area contributed by atoms with Gasteiger partial charge in [0.2, 0.25) is 5.75 Å². The first-order chi connectivity index (χ1) is 14.1. The first kappa shape index (κ1) is 19.7. The summed E-state index contributed by atoms with van der Waals surface area (Å²) < 4.78 is 17.2. The molecule has 1 aromatic heterocycles. The minimum Gasteiger partial charge on any atom is -0.493 e. The fourth-order valence-electron chi connectivity index (χ4n) is 2.63. The van der Waals surface area contributed by atoms with Crippen LogP contribution in [0.1, 0.15) is 20.7 Å². The van der Waals surface area contributed by atoms with Gasteiger partial charge < -0.3 is 14.2 Å². The number of amides is 2. The first-order valence-corrected chi connectivity index (χ1v) is 8.58. The van der Waals surface area contributed by atoms with Gasteiger partial charge in [0, 0.05) is 11.8 Å². The maximum atomic E-state index is 12.4. The average molecular weight is 396 g/mol. The molecule has 0 fully saturated rings. The normalized spacial score (nSPS) is 10.2. The van der Waals surface area contributed by atoms with Gasteiger partial charge >= 0.3 is 0 Å². The molecule has 0 aliphatic carbocycles. The number of nitrogens with zero attached hydrogens (tertiary/aromatic N) is 2. The van der Waals surface area contributed by atoms with Crippen molar-refractivity contribution in [1.29, 1.82) is 0 Å². The Morgan fingerprint density at radius 1 is 0.862 bits per heavy atom. The Morgan fingerprint density at radius 2 is 1.45 bits per heavy atom. The third kappa shape index (κ3) is 4.29. The van der Waals surface area contributed by atoms with Crippen LogP contribution in [0.3, 0.4) is 0 Å². The molecule has 3 aromatic rings. The van der Waals surface area contributed by atoms with Gasteiger partial charge in [-0.05, 0) is 24.3 Å². The molecule has 2 aromatic carbocycles. The topological polar surface area (TPSA) is 104 Å². The fraction of sp³-hybridized carbons (Fsp3) is 0.150. The standard InChI is InChI=1S/C20H20N4O5/c1-27-16-9-13(10-17(28-2)18(16)29-3)19(25)22-23-20(26)14-11-21-24(12-14)15-7-5-4-6-8-15/h4-12H,1-3H3,(H,22,25)(H,23,26). The first-order valence-electron chi connectivity index (χ1n) is 8.58. The Hall–Kier alpha value is -4.01. The lowest BCUT2D eigenvalue weighted by molar-refractivity contribution is 0.0846. The highest BCUT2D eigenvalue weighted by atomic mass is 16.5. The van der Waals surface area contributed by atoms with E-state index in [1.54, 1.807) is 10.9 Å². The number of carbonyl (C=O) groups is 2. The van der Waals surface area contributed by atoms with E-state index in [0.717, 1.165) is 5.69 Å². The lowest BCUT2D eigenvalue weighted by atomic mass is 10.1. The van der Waals surface area contributed by atoms with Crippen LogP contribution in [0.4, 0.5) is 0 Å². The zero-order valence-corrected chi connectivity index (χ0v) is 16.1. The molecule has 2 amide bonds. The Balaban J connectivity index is 1.69. The van der Waals surface area contributed by atoms with Crippen LogP contribution in [0.25, 0.3) is 5.69 Å². The third-order valence-electron chi connectivity index (χ3n) is 4.08. The monoisotopic (exact) mass is 396 g/mol. The minimum absolute atomic E-state index is 0.222. The number of rotatable bonds is 6. The van der Waals surface area contributed by atoms with E-state index >= 15 is 0 Å². The summed E-state index contributed by atoms with van der Waals surface area (Å²) in [5.41, 5.74) is 6.05. The summed E-state index contributed by atoms with van der Waals surface area (Å²) in [5, 5.41) is 4.15. The summed E-state index contributed by atoms with van der Waals surface area (Å²) in [6.45, 7) is 0. The molecule has 3 rings (SSSR count). The number of hydrazine groups is 1. The number of hydrogen-bond acceptors (Lipinski definition) is 6. The predicted molar refractivity (Wildman–Crippen MR) is 105 cm³/mol. The molecule has 9 nitrogen and oxygen atoms in total. The molecule has 2 N–H and O–H groups in total. The van der Waals surface area contributed by atoms with Crippen LogP contribution in [0.2, 0.25) is 0 Å². The molecule has 0 radical (unpaired) electrons. The Labute approximate surface area is 167 Å². The maximum Gasteiger partial charge on any atom is 0.272 e. The van der Waals surface area contributed by atoms with E-state index in [1.165, 1.54) is 39.7 Å². The van der Waals surface area contributed by atoms with Gasteiger partial charge in [-0.2, -0.15) is 5.10 Å². The van der Waals surface area contributed by atoms with Crippen molar-refractivity contribution in [1.82, 2.24) is 20.6 Å². The van der Waals surface area contributed by atoms with Gasteiger partial charge in [0.1, 0.15) is 0 Å². The molecule has 0 atom stereocenters. The molecule has 150 valence electrons. The Bertz CT molecular complexity index is 992.